The van der Waals surface area contributed by atoms with Gasteiger partial charge in [-0.2, -0.15) is 0 Å². The van der Waals surface area contributed by atoms with Gasteiger partial charge in [-0.15, -0.1) is 0 Å². The first-order valence-electron chi connectivity index (χ1n) is 5.86. The number of hydrogen-bond acceptors (Lipinski definition) is 1. The number of rotatable bonds is 1. The Bertz CT molecular complexity index is 480. The van der Waals surface area contributed by atoms with E-state index in [0.717, 1.165) is 24.1 Å². The Morgan fingerprint density at radius 2 is 1.83 bits per heavy atom. The van der Waals surface area contributed by atoms with E-state index in [4.69, 9.17) is 50.8 Å². The summed E-state index contributed by atoms with van der Waals surface area (Å²) in [4.78, 5) is 0. The smallest absolute Gasteiger partial charge is 0.223 e. The summed E-state index contributed by atoms with van der Waals surface area (Å²) in [6.07, 6.45) is 2.51. The van der Waals surface area contributed by atoms with E-state index in [-0.39, 0.29) is 6.10 Å². The van der Waals surface area contributed by atoms with Crippen LogP contribution >= 0.6 is 46.4 Å². The van der Waals surface area contributed by atoms with Gasteiger partial charge in [0.25, 0.3) is 0 Å². The van der Waals surface area contributed by atoms with E-state index >= 15 is 0 Å². The van der Waals surface area contributed by atoms with E-state index in [1.807, 2.05) is 6.07 Å². The van der Waals surface area contributed by atoms with Gasteiger partial charge in [-0.05, 0) is 37.2 Å². The molecule has 0 aliphatic carbocycles. The zero-order valence-corrected chi connectivity index (χ0v) is 14.2. The van der Waals surface area contributed by atoms with Crippen molar-refractivity contribution in [2.45, 2.75) is 38.5 Å². The summed E-state index contributed by atoms with van der Waals surface area (Å²) in [5.74, 6) is 0. The third-order valence-corrected chi connectivity index (χ3v) is 9.07. The molecule has 1 aliphatic rings. The Labute approximate surface area is 128 Å². The van der Waals surface area contributed by atoms with Crippen LogP contribution in [0.1, 0.15) is 19.8 Å². The molecule has 0 spiro atoms. The summed E-state index contributed by atoms with van der Waals surface area (Å²) in [6, 6.07) is 2.85. The van der Waals surface area contributed by atoms with Crippen LogP contribution in [0.2, 0.25) is 32.7 Å². The van der Waals surface area contributed by atoms with Gasteiger partial charge in [-0.25, -0.2) is 0 Å². The highest BCUT2D eigenvalue weighted by molar-refractivity contribution is 6.87. The molecule has 18 heavy (non-hydrogen) atoms. The summed E-state index contributed by atoms with van der Waals surface area (Å²) in [7, 11) is -2.07. The second kappa shape index (κ2) is 5.51. The summed E-state index contributed by atoms with van der Waals surface area (Å²) in [5, 5.41) is 2.53. The van der Waals surface area contributed by atoms with E-state index in [9.17, 15) is 0 Å². The molecule has 1 aromatic rings. The first-order chi connectivity index (χ1) is 8.35. The number of halogens is 4. The van der Waals surface area contributed by atoms with E-state index in [0.29, 0.717) is 20.1 Å². The van der Waals surface area contributed by atoms with Crippen molar-refractivity contribution >= 4 is 59.9 Å². The van der Waals surface area contributed by atoms with Crippen LogP contribution < -0.4 is 5.19 Å². The number of hydrogen-bond donors (Lipinski definition) is 0. The fraction of sp³-hybridized carbons (Fsp3) is 0.500. The minimum atomic E-state index is -2.07. The van der Waals surface area contributed by atoms with Crippen molar-refractivity contribution in [1.82, 2.24) is 0 Å². The summed E-state index contributed by atoms with van der Waals surface area (Å²) in [5.41, 5.74) is 0. The largest absolute Gasteiger partial charge is 0.410 e. The molecule has 0 saturated carbocycles. The lowest BCUT2D eigenvalue weighted by Crippen LogP contribution is -2.52. The topological polar surface area (TPSA) is 9.23 Å². The molecule has 1 heterocycles. The zero-order valence-electron chi connectivity index (χ0n) is 10.2. The first-order valence-corrected chi connectivity index (χ1v) is 9.99. The van der Waals surface area contributed by atoms with Crippen molar-refractivity contribution in [3.05, 3.63) is 26.2 Å². The van der Waals surface area contributed by atoms with Gasteiger partial charge in [0.05, 0.1) is 20.1 Å². The van der Waals surface area contributed by atoms with Gasteiger partial charge in [0, 0.05) is 6.10 Å². The average Bonchev–Trinajstić information content (AvgIpc) is 2.30. The quantitative estimate of drug-likeness (QED) is 0.383. The van der Waals surface area contributed by atoms with Crippen molar-refractivity contribution < 1.29 is 4.43 Å². The lowest BCUT2D eigenvalue weighted by Gasteiger charge is -2.36. The van der Waals surface area contributed by atoms with Gasteiger partial charge in [0.15, 0.2) is 0 Å². The maximum Gasteiger partial charge on any atom is 0.223 e. The lowest BCUT2D eigenvalue weighted by molar-refractivity contribution is 0.183. The fourth-order valence-corrected chi connectivity index (χ4v) is 7.45. The van der Waals surface area contributed by atoms with Crippen LogP contribution in [0, 0.1) is 0 Å². The third-order valence-electron chi connectivity index (χ3n) is 3.40. The molecule has 1 fully saturated rings. The molecule has 1 aliphatic heterocycles. The van der Waals surface area contributed by atoms with E-state index < -0.39 is 8.32 Å². The van der Waals surface area contributed by atoms with Crippen LogP contribution in [0.5, 0.6) is 0 Å². The van der Waals surface area contributed by atoms with E-state index in [2.05, 4.69) is 13.5 Å². The molecule has 0 aromatic heterocycles. The van der Waals surface area contributed by atoms with Crippen molar-refractivity contribution in [3.63, 3.8) is 0 Å². The monoisotopic (exact) mass is 342 g/mol. The van der Waals surface area contributed by atoms with E-state index in [1.165, 1.54) is 0 Å². The SMILES string of the molecule is CC1CCC[Si](C)(c2cc(Cl)c(Cl)c(Cl)c2Cl)O1. The minimum Gasteiger partial charge on any atom is -0.410 e. The van der Waals surface area contributed by atoms with Gasteiger partial charge >= 0.3 is 0 Å². The van der Waals surface area contributed by atoms with Gasteiger partial charge in [-0.3, -0.25) is 0 Å². The normalized spacial score (nSPS) is 28.4. The fourth-order valence-electron chi connectivity index (χ4n) is 2.44. The molecular formula is C12H14Cl4OSi. The standard InChI is InChI=1S/C12H14Cl4OSi/c1-7-4-3-5-18(2,17-7)9-6-8(13)10(14)12(16)11(9)15/h6-7H,3-5H2,1-2H3. The molecule has 0 amide bonds. The van der Waals surface area contributed by atoms with Crippen molar-refractivity contribution in [3.8, 4) is 0 Å². The Morgan fingerprint density at radius 3 is 2.44 bits per heavy atom. The highest BCUT2D eigenvalue weighted by Gasteiger charge is 2.39. The Kier molecular flexibility index (Phi) is 4.58. The first kappa shape index (κ1) is 15.0. The summed E-state index contributed by atoms with van der Waals surface area (Å²) >= 11 is 24.5. The van der Waals surface area contributed by atoms with Crippen LogP contribution in [-0.2, 0) is 4.43 Å². The van der Waals surface area contributed by atoms with Crippen LogP contribution in [0.25, 0.3) is 0 Å². The summed E-state index contributed by atoms with van der Waals surface area (Å²) < 4.78 is 6.18. The molecule has 6 heteroatoms. The number of benzene rings is 1. The van der Waals surface area contributed by atoms with E-state index in [1.54, 1.807) is 0 Å². The van der Waals surface area contributed by atoms with Crippen LogP contribution in [0.4, 0.5) is 0 Å². The molecule has 0 bridgehead atoms. The highest BCUT2D eigenvalue weighted by Crippen LogP contribution is 2.37. The van der Waals surface area contributed by atoms with Crippen molar-refractivity contribution in [2.75, 3.05) is 0 Å². The Morgan fingerprint density at radius 1 is 1.17 bits per heavy atom. The van der Waals surface area contributed by atoms with Gasteiger partial charge in [0.2, 0.25) is 8.32 Å². The molecular weight excluding hydrogens is 330 g/mol. The molecule has 2 rings (SSSR count). The molecule has 1 saturated heterocycles. The Balaban J connectivity index is 2.50. The average molecular weight is 344 g/mol. The third kappa shape index (κ3) is 2.70. The highest BCUT2D eigenvalue weighted by atomic mass is 35.5. The second-order valence-electron chi connectivity index (χ2n) is 4.90. The molecule has 0 radical (unpaired) electrons. The van der Waals surface area contributed by atoms with Gasteiger partial charge in [0.1, 0.15) is 0 Å². The van der Waals surface area contributed by atoms with Crippen molar-refractivity contribution in [1.29, 1.82) is 0 Å². The van der Waals surface area contributed by atoms with Crippen LogP contribution in [0.15, 0.2) is 6.07 Å². The van der Waals surface area contributed by atoms with Crippen LogP contribution in [-0.4, -0.2) is 14.4 Å². The van der Waals surface area contributed by atoms with Gasteiger partial charge in [-0.1, -0.05) is 52.8 Å². The summed E-state index contributed by atoms with van der Waals surface area (Å²) in [6.45, 7) is 4.25. The molecule has 1 nitrogen and oxygen atoms in total. The predicted octanol–water partition coefficient (Wildman–Crippen LogP) is 5.28. The Hall–Kier alpha value is 0.557. The molecule has 1 aromatic carbocycles. The molecule has 2 atom stereocenters. The molecule has 100 valence electrons. The van der Waals surface area contributed by atoms with Crippen molar-refractivity contribution in [2.24, 2.45) is 0 Å². The molecule has 2 unspecified atom stereocenters. The maximum absolute atomic E-state index is 6.32. The van der Waals surface area contributed by atoms with Crippen LogP contribution in [0.3, 0.4) is 0 Å². The minimum absolute atomic E-state index is 0.264. The molecule has 0 N–H and O–H groups in total. The second-order valence-corrected chi connectivity index (χ2v) is 10.2. The van der Waals surface area contributed by atoms with Gasteiger partial charge < -0.3 is 4.43 Å². The predicted molar refractivity (Wildman–Crippen MR) is 82.3 cm³/mol. The zero-order chi connectivity index (χ0) is 13.5. The lowest BCUT2D eigenvalue weighted by atomic mass is 10.2. The maximum atomic E-state index is 6.32.